The van der Waals surface area contributed by atoms with E-state index in [2.05, 4.69) is 41.4 Å². The smallest absolute Gasteiger partial charge is 0.108 e. The number of nitrogens with one attached hydrogen (secondary N) is 1. The number of para-hydroxylation sites is 1. The van der Waals surface area contributed by atoms with E-state index in [-0.39, 0.29) is 0 Å². The molecule has 0 spiro atoms. The molecule has 2 heterocycles. The van der Waals surface area contributed by atoms with Crippen LogP contribution in [0, 0.1) is 0 Å². The average molecular weight is 261 g/mol. The highest BCUT2D eigenvalue weighted by atomic mass is 32.1. The number of piperazine rings is 1. The summed E-state index contributed by atoms with van der Waals surface area (Å²) in [5, 5.41) is 4.72. The Labute approximate surface area is 112 Å². The molecule has 96 valence electrons. The van der Waals surface area contributed by atoms with Crippen molar-refractivity contribution in [1.82, 2.24) is 15.2 Å². The van der Waals surface area contributed by atoms with E-state index in [1.807, 2.05) is 11.3 Å². The zero-order valence-electron chi connectivity index (χ0n) is 10.7. The zero-order chi connectivity index (χ0) is 12.4. The molecule has 1 fully saturated rings. The molecule has 0 aliphatic carbocycles. The molecule has 1 N–H and O–H groups in total. The molecule has 1 aliphatic rings. The Bertz CT molecular complexity index is 489. The van der Waals surface area contributed by atoms with Crippen molar-refractivity contribution in [1.29, 1.82) is 0 Å². The molecular formula is C14H19N3S. The molecular weight excluding hydrogens is 242 g/mol. The van der Waals surface area contributed by atoms with Gasteiger partial charge in [0.1, 0.15) is 5.01 Å². The van der Waals surface area contributed by atoms with Crippen LogP contribution in [0.3, 0.4) is 0 Å². The van der Waals surface area contributed by atoms with E-state index in [0.29, 0.717) is 6.04 Å². The lowest BCUT2D eigenvalue weighted by Gasteiger charge is -2.34. The van der Waals surface area contributed by atoms with Gasteiger partial charge in [0.25, 0.3) is 0 Å². The van der Waals surface area contributed by atoms with Gasteiger partial charge in [-0.05, 0) is 18.6 Å². The molecule has 0 bridgehead atoms. The molecule has 4 heteroatoms. The third kappa shape index (κ3) is 2.41. The van der Waals surface area contributed by atoms with Crippen LogP contribution in [-0.2, 0) is 6.54 Å². The summed E-state index contributed by atoms with van der Waals surface area (Å²) in [4.78, 5) is 7.30. The Kier molecular flexibility index (Phi) is 3.59. The minimum atomic E-state index is 0.658. The fourth-order valence-electron chi connectivity index (χ4n) is 2.57. The first-order valence-electron chi connectivity index (χ1n) is 6.66. The number of aromatic nitrogens is 1. The lowest BCUT2D eigenvalue weighted by atomic mass is 10.1. The fraction of sp³-hybridized carbons (Fsp3) is 0.500. The van der Waals surface area contributed by atoms with Crippen LogP contribution in [0.25, 0.3) is 10.2 Å². The second kappa shape index (κ2) is 5.34. The van der Waals surface area contributed by atoms with Gasteiger partial charge in [-0.15, -0.1) is 11.3 Å². The van der Waals surface area contributed by atoms with Gasteiger partial charge in [0, 0.05) is 25.7 Å². The quantitative estimate of drug-likeness (QED) is 0.920. The number of rotatable bonds is 3. The number of benzene rings is 1. The molecule has 1 aliphatic heterocycles. The van der Waals surface area contributed by atoms with Gasteiger partial charge < -0.3 is 5.32 Å². The first-order valence-corrected chi connectivity index (χ1v) is 7.47. The zero-order valence-corrected chi connectivity index (χ0v) is 11.5. The van der Waals surface area contributed by atoms with Gasteiger partial charge in [-0.2, -0.15) is 0 Å². The Morgan fingerprint density at radius 2 is 2.33 bits per heavy atom. The largest absolute Gasteiger partial charge is 0.314 e. The van der Waals surface area contributed by atoms with E-state index in [0.717, 1.165) is 31.7 Å². The predicted molar refractivity (Wildman–Crippen MR) is 77.0 cm³/mol. The number of nitrogens with zero attached hydrogens (tertiary/aromatic N) is 2. The van der Waals surface area contributed by atoms with Crippen LogP contribution >= 0.6 is 11.3 Å². The highest BCUT2D eigenvalue weighted by Gasteiger charge is 2.21. The minimum absolute atomic E-state index is 0.658. The van der Waals surface area contributed by atoms with Crippen LogP contribution in [0.15, 0.2) is 24.3 Å². The van der Waals surface area contributed by atoms with E-state index in [9.17, 15) is 0 Å². The van der Waals surface area contributed by atoms with Crippen molar-refractivity contribution in [2.24, 2.45) is 0 Å². The topological polar surface area (TPSA) is 28.2 Å². The molecule has 1 atom stereocenters. The van der Waals surface area contributed by atoms with E-state index < -0.39 is 0 Å². The van der Waals surface area contributed by atoms with E-state index >= 15 is 0 Å². The van der Waals surface area contributed by atoms with E-state index in [1.54, 1.807) is 0 Å². The highest BCUT2D eigenvalue weighted by molar-refractivity contribution is 7.18. The molecule has 0 amide bonds. The normalized spacial score (nSPS) is 21.5. The summed E-state index contributed by atoms with van der Waals surface area (Å²) in [6.07, 6.45) is 1.21. The first kappa shape index (κ1) is 12.1. The van der Waals surface area contributed by atoms with Gasteiger partial charge in [0.15, 0.2) is 0 Å². The maximum absolute atomic E-state index is 4.73. The summed E-state index contributed by atoms with van der Waals surface area (Å²) in [5.41, 5.74) is 1.14. The van der Waals surface area contributed by atoms with Crippen LogP contribution in [-0.4, -0.2) is 35.6 Å². The van der Waals surface area contributed by atoms with Gasteiger partial charge in [0.05, 0.1) is 16.8 Å². The fourth-order valence-corrected chi connectivity index (χ4v) is 3.57. The second-order valence-corrected chi connectivity index (χ2v) is 5.93. The molecule has 1 aromatic carbocycles. The SMILES string of the molecule is CCC1CNCCN1Cc1nc2ccccc2s1. The lowest BCUT2D eigenvalue weighted by Crippen LogP contribution is -2.50. The Morgan fingerprint density at radius 1 is 1.44 bits per heavy atom. The molecule has 2 aromatic rings. The summed E-state index contributed by atoms with van der Waals surface area (Å²) in [6.45, 7) is 6.61. The molecule has 18 heavy (non-hydrogen) atoms. The Morgan fingerprint density at radius 3 is 3.17 bits per heavy atom. The van der Waals surface area contributed by atoms with Crippen molar-refractivity contribution < 1.29 is 0 Å². The number of hydrogen-bond acceptors (Lipinski definition) is 4. The average Bonchev–Trinajstić information content (AvgIpc) is 2.81. The van der Waals surface area contributed by atoms with Gasteiger partial charge in [-0.1, -0.05) is 19.1 Å². The van der Waals surface area contributed by atoms with Crippen LogP contribution in [0.4, 0.5) is 0 Å². The van der Waals surface area contributed by atoms with Gasteiger partial charge >= 0.3 is 0 Å². The van der Waals surface area contributed by atoms with Gasteiger partial charge in [0.2, 0.25) is 0 Å². The summed E-state index contributed by atoms with van der Waals surface area (Å²) in [7, 11) is 0. The maximum Gasteiger partial charge on any atom is 0.108 e. The molecule has 3 nitrogen and oxygen atoms in total. The molecule has 1 unspecified atom stereocenters. The molecule has 3 rings (SSSR count). The van der Waals surface area contributed by atoms with Crippen molar-refractivity contribution in [3.05, 3.63) is 29.3 Å². The molecule has 1 aromatic heterocycles. The van der Waals surface area contributed by atoms with Crippen molar-refractivity contribution in [3.63, 3.8) is 0 Å². The molecule has 1 saturated heterocycles. The van der Waals surface area contributed by atoms with Crippen molar-refractivity contribution >= 4 is 21.6 Å². The third-order valence-electron chi connectivity index (χ3n) is 3.62. The number of fused-ring (bicyclic) bond motifs is 1. The van der Waals surface area contributed by atoms with E-state index in [1.165, 1.54) is 16.1 Å². The molecule has 0 saturated carbocycles. The Hall–Kier alpha value is -0.970. The Balaban J connectivity index is 1.78. The van der Waals surface area contributed by atoms with Gasteiger partial charge in [-0.25, -0.2) is 4.98 Å². The first-order chi connectivity index (χ1) is 8.86. The van der Waals surface area contributed by atoms with Crippen LogP contribution in [0.2, 0.25) is 0 Å². The van der Waals surface area contributed by atoms with E-state index in [4.69, 9.17) is 4.98 Å². The summed E-state index contributed by atoms with van der Waals surface area (Å²) >= 11 is 1.83. The van der Waals surface area contributed by atoms with Gasteiger partial charge in [-0.3, -0.25) is 4.90 Å². The summed E-state index contributed by atoms with van der Waals surface area (Å²) in [5.74, 6) is 0. The standard InChI is InChI=1S/C14H19N3S/c1-2-11-9-15-7-8-17(11)10-14-16-12-5-3-4-6-13(12)18-14/h3-6,11,15H,2,7-10H2,1H3. The van der Waals surface area contributed by atoms with Crippen molar-refractivity contribution in [2.75, 3.05) is 19.6 Å². The molecule has 0 radical (unpaired) electrons. The lowest BCUT2D eigenvalue weighted by molar-refractivity contribution is 0.149. The minimum Gasteiger partial charge on any atom is -0.314 e. The highest BCUT2D eigenvalue weighted by Crippen LogP contribution is 2.23. The predicted octanol–water partition coefficient (Wildman–Crippen LogP) is 2.48. The van der Waals surface area contributed by atoms with Crippen LogP contribution in [0.5, 0.6) is 0 Å². The van der Waals surface area contributed by atoms with Crippen molar-refractivity contribution in [2.45, 2.75) is 25.9 Å². The van der Waals surface area contributed by atoms with Crippen LogP contribution < -0.4 is 5.32 Å². The monoisotopic (exact) mass is 261 g/mol. The maximum atomic E-state index is 4.73. The summed E-state index contributed by atoms with van der Waals surface area (Å²) in [6, 6.07) is 9.07. The third-order valence-corrected chi connectivity index (χ3v) is 4.64. The summed E-state index contributed by atoms with van der Waals surface area (Å²) < 4.78 is 1.30. The van der Waals surface area contributed by atoms with Crippen LogP contribution in [0.1, 0.15) is 18.4 Å². The number of hydrogen-bond donors (Lipinski definition) is 1. The number of thiazole rings is 1. The van der Waals surface area contributed by atoms with Crippen molar-refractivity contribution in [3.8, 4) is 0 Å². The second-order valence-electron chi connectivity index (χ2n) is 4.81.